The Morgan fingerprint density at radius 1 is 0.667 bits per heavy atom. The van der Waals surface area contributed by atoms with Crippen molar-refractivity contribution >= 4 is 22.6 Å². The van der Waals surface area contributed by atoms with Gasteiger partial charge in [-0.1, -0.05) is 0 Å². The molecule has 0 amide bonds. The van der Waals surface area contributed by atoms with Crippen molar-refractivity contribution in [3.63, 3.8) is 0 Å². The Labute approximate surface area is 137 Å². The van der Waals surface area contributed by atoms with Crippen molar-refractivity contribution in [2.75, 3.05) is 6.61 Å². The quantitative estimate of drug-likeness (QED) is 0.399. The van der Waals surface area contributed by atoms with Gasteiger partial charge >= 0.3 is 35.8 Å². The predicted octanol–water partition coefficient (Wildman–Crippen LogP) is 5.04. The molecule has 0 aliphatic rings. The van der Waals surface area contributed by atoms with Gasteiger partial charge < -0.3 is 5.11 Å². The van der Waals surface area contributed by atoms with E-state index in [1.54, 1.807) is 0 Å². The van der Waals surface area contributed by atoms with Gasteiger partial charge in [0.15, 0.2) is 0 Å². The summed E-state index contributed by atoms with van der Waals surface area (Å²) in [5.74, 6) is -37.1. The first-order valence-corrected chi connectivity index (χ1v) is 6.22. The molecule has 1 N–H and O–H groups in total. The van der Waals surface area contributed by atoms with E-state index in [2.05, 4.69) is 0 Å². The lowest BCUT2D eigenvalue weighted by Crippen LogP contribution is -2.69. The van der Waals surface area contributed by atoms with Crippen LogP contribution < -0.4 is 0 Å². The van der Waals surface area contributed by atoms with Crippen LogP contribution in [0.5, 0.6) is 0 Å². The molecule has 0 aliphatic heterocycles. The van der Waals surface area contributed by atoms with E-state index in [4.69, 9.17) is 5.11 Å². The fourth-order valence-corrected chi connectivity index (χ4v) is 1.51. The Morgan fingerprint density at radius 3 is 1.29 bits per heavy atom. The number of aliphatic hydroxyl groups is 1. The van der Waals surface area contributed by atoms with E-state index in [0.29, 0.717) is 22.6 Å². The molecule has 0 aromatic heterocycles. The van der Waals surface area contributed by atoms with Gasteiger partial charge in [0.25, 0.3) is 0 Å². The van der Waals surface area contributed by atoms with Crippen LogP contribution in [0.2, 0.25) is 0 Å². The standard InChI is InChI=1S/C9H4F13IO/c10-4(11,1-3(23)2-24)5(12,13)6(14,15)7(16,17)8(18,19)9(20,21)22/h1,24H,2H2/b3-1+. The van der Waals surface area contributed by atoms with E-state index in [1.165, 1.54) is 0 Å². The van der Waals surface area contributed by atoms with Gasteiger partial charge in [-0.15, -0.1) is 0 Å². The SMILES string of the molecule is OC/C(I)=C\C(F)(F)C(F)(F)C(F)(F)C(F)(F)C(F)(F)C(F)(F)F. The molecule has 1 nitrogen and oxygen atoms in total. The van der Waals surface area contributed by atoms with Crippen molar-refractivity contribution in [3.8, 4) is 0 Å². The van der Waals surface area contributed by atoms with E-state index in [1.807, 2.05) is 0 Å². The van der Waals surface area contributed by atoms with Crippen LogP contribution in [-0.2, 0) is 0 Å². The summed E-state index contributed by atoms with van der Waals surface area (Å²) < 4.78 is 163. The van der Waals surface area contributed by atoms with Crippen molar-refractivity contribution in [2.24, 2.45) is 0 Å². The van der Waals surface area contributed by atoms with Crippen LogP contribution in [0.3, 0.4) is 0 Å². The summed E-state index contributed by atoms with van der Waals surface area (Å²) >= 11 is 0.686. The first-order valence-electron chi connectivity index (χ1n) is 5.14. The zero-order valence-corrected chi connectivity index (χ0v) is 12.7. The maximum Gasteiger partial charge on any atom is 0.460 e. The van der Waals surface area contributed by atoms with Gasteiger partial charge in [0.05, 0.1) is 6.61 Å². The van der Waals surface area contributed by atoms with Crippen LogP contribution in [0.4, 0.5) is 57.1 Å². The van der Waals surface area contributed by atoms with Crippen molar-refractivity contribution < 1.29 is 62.2 Å². The molecule has 0 saturated heterocycles. The first-order chi connectivity index (χ1) is 10.2. The van der Waals surface area contributed by atoms with Crippen LogP contribution in [-0.4, -0.2) is 47.5 Å². The van der Waals surface area contributed by atoms with Gasteiger partial charge in [-0.2, -0.15) is 57.1 Å². The third kappa shape index (κ3) is 3.41. The largest absolute Gasteiger partial charge is 0.460 e. The number of rotatable bonds is 6. The summed E-state index contributed by atoms with van der Waals surface area (Å²) in [5.41, 5.74) is 0. The maximum atomic E-state index is 13.1. The Morgan fingerprint density at radius 2 is 1.00 bits per heavy atom. The molecule has 144 valence electrons. The van der Waals surface area contributed by atoms with Gasteiger partial charge in [-0.05, 0) is 22.6 Å². The fraction of sp³-hybridized carbons (Fsp3) is 0.778. The highest BCUT2D eigenvalue weighted by Gasteiger charge is 2.90. The summed E-state index contributed by atoms with van der Waals surface area (Å²) in [4.78, 5) is 0. The average Bonchev–Trinajstić information content (AvgIpc) is 2.35. The monoisotopic (exact) mass is 502 g/mol. The molecule has 15 heteroatoms. The molecule has 0 aliphatic carbocycles. The molecule has 0 unspecified atom stereocenters. The molecule has 0 saturated carbocycles. The highest BCUT2D eigenvalue weighted by Crippen LogP contribution is 2.60. The lowest BCUT2D eigenvalue weighted by Gasteiger charge is -2.39. The molecule has 0 heterocycles. The molecule has 0 atom stereocenters. The summed E-state index contributed by atoms with van der Waals surface area (Å²) in [6.45, 7) is -1.45. The highest BCUT2D eigenvalue weighted by atomic mass is 127. The third-order valence-electron chi connectivity index (χ3n) is 2.45. The average molecular weight is 502 g/mol. The molecule has 0 aromatic rings. The van der Waals surface area contributed by atoms with Gasteiger partial charge in [0.2, 0.25) is 0 Å². The number of aliphatic hydroxyl groups excluding tert-OH is 1. The second-order valence-electron chi connectivity index (χ2n) is 4.17. The number of hydrogen-bond donors (Lipinski definition) is 1. The molecule has 0 fully saturated rings. The van der Waals surface area contributed by atoms with Crippen LogP contribution >= 0.6 is 22.6 Å². The van der Waals surface area contributed by atoms with E-state index < -0.39 is 52.1 Å². The van der Waals surface area contributed by atoms with Crippen molar-refractivity contribution in [1.29, 1.82) is 0 Å². The molecule has 0 aromatic carbocycles. The molecular weight excluding hydrogens is 498 g/mol. The van der Waals surface area contributed by atoms with E-state index in [0.717, 1.165) is 0 Å². The minimum atomic E-state index is -7.91. The van der Waals surface area contributed by atoms with Crippen molar-refractivity contribution in [3.05, 3.63) is 9.66 Å². The maximum absolute atomic E-state index is 13.1. The third-order valence-corrected chi connectivity index (χ3v) is 3.10. The predicted molar refractivity (Wildman–Crippen MR) is 60.0 cm³/mol. The second kappa shape index (κ2) is 6.35. The zero-order valence-electron chi connectivity index (χ0n) is 10.5. The Balaban J connectivity index is 6.31. The summed E-state index contributed by atoms with van der Waals surface area (Å²) in [6.07, 6.45) is -8.59. The molecular formula is C9H4F13IO. The van der Waals surface area contributed by atoms with Gasteiger partial charge in [0, 0.05) is 9.66 Å². The highest BCUT2D eigenvalue weighted by molar-refractivity contribution is 14.1. The van der Waals surface area contributed by atoms with Gasteiger partial charge in [-0.25, -0.2) is 0 Å². The van der Waals surface area contributed by atoms with Crippen LogP contribution in [0, 0.1) is 0 Å². The minimum absolute atomic E-state index is 0.686. The Bertz CT molecular complexity index is 492. The molecule has 0 bridgehead atoms. The second-order valence-corrected chi connectivity index (χ2v) is 5.55. The summed E-state index contributed by atoms with van der Waals surface area (Å²) in [6, 6.07) is 0. The Hall–Kier alpha value is -0.480. The van der Waals surface area contributed by atoms with Crippen LogP contribution in [0.25, 0.3) is 0 Å². The number of allylic oxidation sites excluding steroid dienone is 1. The zero-order chi connectivity index (χ0) is 20.0. The summed E-state index contributed by atoms with van der Waals surface area (Å²) in [7, 11) is 0. The van der Waals surface area contributed by atoms with Crippen molar-refractivity contribution in [1.82, 2.24) is 0 Å². The van der Waals surface area contributed by atoms with Crippen LogP contribution in [0.15, 0.2) is 9.66 Å². The van der Waals surface area contributed by atoms with E-state index in [-0.39, 0.29) is 0 Å². The lowest BCUT2D eigenvalue weighted by atomic mass is 9.94. The van der Waals surface area contributed by atoms with Crippen LogP contribution in [0.1, 0.15) is 0 Å². The number of alkyl halides is 13. The summed E-state index contributed by atoms with van der Waals surface area (Å²) in [5, 5.41) is 8.30. The topological polar surface area (TPSA) is 20.2 Å². The number of hydrogen-bond acceptors (Lipinski definition) is 1. The number of halogens is 14. The smallest absolute Gasteiger partial charge is 0.391 e. The lowest BCUT2D eigenvalue weighted by molar-refractivity contribution is -0.436. The van der Waals surface area contributed by atoms with Gasteiger partial charge in [0.1, 0.15) is 0 Å². The van der Waals surface area contributed by atoms with E-state index >= 15 is 0 Å². The molecule has 0 radical (unpaired) electrons. The van der Waals surface area contributed by atoms with Crippen molar-refractivity contribution in [2.45, 2.75) is 35.8 Å². The fourth-order valence-electron chi connectivity index (χ4n) is 1.11. The molecule has 24 heavy (non-hydrogen) atoms. The normalized spacial score (nSPS) is 16.5. The Kier molecular flexibility index (Phi) is 6.23. The molecule has 0 rings (SSSR count). The minimum Gasteiger partial charge on any atom is -0.391 e. The molecule has 0 spiro atoms. The first kappa shape index (κ1) is 23.5. The van der Waals surface area contributed by atoms with E-state index in [9.17, 15) is 57.1 Å². The van der Waals surface area contributed by atoms with Gasteiger partial charge in [-0.3, -0.25) is 0 Å².